The third-order valence-corrected chi connectivity index (χ3v) is 3.61. The molecule has 3 N–H and O–H groups in total. The topological polar surface area (TPSA) is 79.5 Å². The molecule has 0 spiro atoms. The van der Waals surface area contributed by atoms with Crippen molar-refractivity contribution in [3.8, 4) is 5.75 Å². The Morgan fingerprint density at radius 2 is 1.71 bits per heavy atom. The first-order valence-electron chi connectivity index (χ1n) is 8.11. The van der Waals surface area contributed by atoms with Crippen LogP contribution in [0.25, 0.3) is 0 Å². The lowest BCUT2D eigenvalue weighted by atomic mass is 10.1. The van der Waals surface area contributed by atoms with Crippen LogP contribution < -0.4 is 20.9 Å². The highest BCUT2D eigenvalue weighted by Gasteiger charge is 2.08. The zero-order valence-corrected chi connectivity index (χ0v) is 15.0. The van der Waals surface area contributed by atoms with Gasteiger partial charge in [0.05, 0.1) is 7.11 Å². The maximum Gasteiger partial charge on any atom is 0.269 e. The van der Waals surface area contributed by atoms with Crippen LogP contribution in [0, 0.1) is 0 Å². The van der Waals surface area contributed by atoms with E-state index >= 15 is 0 Å². The number of ether oxygens (including phenoxy) is 1. The fourth-order valence-corrected chi connectivity index (χ4v) is 2.20. The second-order valence-electron chi connectivity index (χ2n) is 5.35. The van der Waals surface area contributed by atoms with Crippen molar-refractivity contribution in [2.45, 2.75) is 45.4 Å². The van der Waals surface area contributed by atoms with Gasteiger partial charge >= 0.3 is 0 Å². The predicted octanol–water partition coefficient (Wildman–Crippen LogP) is 2.69. The number of carbonyl (C=O) groups excluding carboxylic acids is 2. The summed E-state index contributed by atoms with van der Waals surface area (Å²) in [5, 5.41) is 2.62. The molecule has 24 heavy (non-hydrogen) atoms. The first-order chi connectivity index (χ1) is 11.6. The van der Waals surface area contributed by atoms with Crippen molar-refractivity contribution < 1.29 is 14.3 Å². The van der Waals surface area contributed by atoms with Gasteiger partial charge < -0.3 is 10.1 Å². The van der Waals surface area contributed by atoms with E-state index < -0.39 is 0 Å². The Labute approximate surface area is 148 Å². The molecule has 0 fully saturated rings. The normalized spacial score (nSPS) is 9.92. The molecule has 2 amide bonds. The van der Waals surface area contributed by atoms with E-state index in [1.54, 1.807) is 31.4 Å². The van der Waals surface area contributed by atoms with E-state index in [-0.39, 0.29) is 16.9 Å². The number of unbranched alkanes of at least 4 members (excludes halogenated alkanes) is 4. The van der Waals surface area contributed by atoms with Crippen LogP contribution in [0.4, 0.5) is 0 Å². The molecule has 0 aliphatic carbocycles. The molecule has 0 radical (unpaired) electrons. The zero-order chi connectivity index (χ0) is 17.8. The van der Waals surface area contributed by atoms with Crippen molar-refractivity contribution in [2.24, 2.45) is 0 Å². The summed E-state index contributed by atoms with van der Waals surface area (Å²) in [4.78, 5) is 23.6. The molecule has 0 aromatic heterocycles. The summed E-state index contributed by atoms with van der Waals surface area (Å²) in [6, 6.07) is 6.64. The second-order valence-corrected chi connectivity index (χ2v) is 5.76. The van der Waals surface area contributed by atoms with Crippen molar-refractivity contribution in [3.05, 3.63) is 29.8 Å². The van der Waals surface area contributed by atoms with E-state index in [0.717, 1.165) is 19.3 Å². The van der Waals surface area contributed by atoms with Crippen LogP contribution in [0.15, 0.2) is 24.3 Å². The molecule has 0 aliphatic heterocycles. The summed E-state index contributed by atoms with van der Waals surface area (Å²) in [5.74, 6) is 0.165. The fraction of sp³-hybridized carbons (Fsp3) is 0.471. The Morgan fingerprint density at radius 1 is 1.04 bits per heavy atom. The first-order valence-corrected chi connectivity index (χ1v) is 8.52. The van der Waals surface area contributed by atoms with Gasteiger partial charge in [-0.15, -0.1) is 0 Å². The molecule has 6 nitrogen and oxygen atoms in total. The molecule has 0 unspecified atom stereocenters. The number of hydrogen-bond acceptors (Lipinski definition) is 4. The molecular formula is C17H25N3O3S. The van der Waals surface area contributed by atoms with Crippen LogP contribution in [-0.4, -0.2) is 24.0 Å². The summed E-state index contributed by atoms with van der Waals surface area (Å²) in [6.07, 6.45) is 5.82. The molecule has 132 valence electrons. The lowest BCUT2D eigenvalue weighted by molar-refractivity contribution is -0.119. The Hall–Kier alpha value is -2.15. The van der Waals surface area contributed by atoms with Crippen molar-refractivity contribution >= 4 is 29.1 Å². The number of hydrazine groups is 1. The van der Waals surface area contributed by atoms with Crippen LogP contribution in [0.5, 0.6) is 5.75 Å². The van der Waals surface area contributed by atoms with Gasteiger partial charge in [-0.1, -0.05) is 32.6 Å². The molecule has 0 heterocycles. The van der Waals surface area contributed by atoms with Crippen molar-refractivity contribution in [1.29, 1.82) is 0 Å². The molecule has 0 bridgehead atoms. The lowest BCUT2D eigenvalue weighted by Crippen LogP contribution is -2.48. The van der Waals surface area contributed by atoms with Gasteiger partial charge in [-0.05, 0) is 42.9 Å². The van der Waals surface area contributed by atoms with E-state index in [2.05, 4.69) is 23.1 Å². The maximum atomic E-state index is 11.9. The minimum absolute atomic E-state index is 0.0791. The number of nitrogens with one attached hydrogen (secondary N) is 3. The van der Waals surface area contributed by atoms with Gasteiger partial charge in [0.15, 0.2) is 5.11 Å². The summed E-state index contributed by atoms with van der Waals surface area (Å²) in [5.41, 5.74) is 5.41. The summed E-state index contributed by atoms with van der Waals surface area (Å²) in [7, 11) is 1.56. The minimum atomic E-state index is -0.353. The SMILES string of the molecule is CCCCCCCC(=O)NC(=S)NNC(=O)c1ccc(OC)cc1. The molecule has 0 aliphatic rings. The molecule has 1 aromatic rings. The van der Waals surface area contributed by atoms with Crippen molar-refractivity contribution in [2.75, 3.05) is 7.11 Å². The van der Waals surface area contributed by atoms with E-state index in [4.69, 9.17) is 17.0 Å². The molecule has 0 atom stereocenters. The number of carbonyl (C=O) groups is 2. The summed E-state index contributed by atoms with van der Waals surface area (Å²) >= 11 is 4.98. The highest BCUT2D eigenvalue weighted by atomic mass is 32.1. The van der Waals surface area contributed by atoms with Gasteiger partial charge in [-0.2, -0.15) is 0 Å². The van der Waals surface area contributed by atoms with Crippen molar-refractivity contribution in [1.82, 2.24) is 16.2 Å². The predicted molar refractivity (Wildman–Crippen MR) is 97.7 cm³/mol. The number of amides is 2. The van der Waals surface area contributed by atoms with Gasteiger partial charge in [-0.25, -0.2) is 0 Å². The number of rotatable bonds is 8. The number of methoxy groups -OCH3 is 1. The summed E-state index contributed by atoms with van der Waals surface area (Å²) in [6.45, 7) is 2.15. The second kappa shape index (κ2) is 11.4. The Morgan fingerprint density at radius 3 is 2.33 bits per heavy atom. The van der Waals surface area contributed by atoms with Gasteiger partial charge in [0.25, 0.3) is 5.91 Å². The molecule has 1 aromatic carbocycles. The molecule has 0 saturated carbocycles. The maximum absolute atomic E-state index is 11.9. The van der Waals surface area contributed by atoms with Crippen LogP contribution >= 0.6 is 12.2 Å². The molecule has 7 heteroatoms. The van der Waals surface area contributed by atoms with Gasteiger partial charge in [0, 0.05) is 12.0 Å². The van der Waals surface area contributed by atoms with Crippen LogP contribution in [0.2, 0.25) is 0 Å². The Kier molecular flexibility index (Phi) is 9.45. The van der Waals surface area contributed by atoms with E-state index in [0.29, 0.717) is 17.7 Å². The Bertz CT molecular complexity index is 547. The number of thiocarbonyl (C=S) groups is 1. The first kappa shape index (κ1) is 19.9. The number of benzene rings is 1. The average molecular weight is 351 g/mol. The largest absolute Gasteiger partial charge is 0.497 e. The van der Waals surface area contributed by atoms with Crippen LogP contribution in [0.1, 0.15) is 55.8 Å². The van der Waals surface area contributed by atoms with Gasteiger partial charge in [0.2, 0.25) is 5.91 Å². The molecule has 0 saturated heterocycles. The van der Waals surface area contributed by atoms with E-state index in [1.807, 2.05) is 0 Å². The molecular weight excluding hydrogens is 326 g/mol. The van der Waals surface area contributed by atoms with E-state index in [9.17, 15) is 9.59 Å². The van der Waals surface area contributed by atoms with E-state index in [1.165, 1.54) is 12.8 Å². The van der Waals surface area contributed by atoms with Gasteiger partial charge in [-0.3, -0.25) is 20.4 Å². The quantitative estimate of drug-likeness (QED) is 0.381. The average Bonchev–Trinajstić information content (AvgIpc) is 2.59. The highest BCUT2D eigenvalue weighted by molar-refractivity contribution is 7.80. The third-order valence-electron chi connectivity index (χ3n) is 3.40. The van der Waals surface area contributed by atoms with Crippen LogP contribution in [0.3, 0.4) is 0 Å². The number of hydrogen-bond donors (Lipinski definition) is 3. The third kappa shape index (κ3) is 7.92. The Balaban J connectivity index is 2.24. The highest BCUT2D eigenvalue weighted by Crippen LogP contribution is 2.10. The fourth-order valence-electron chi connectivity index (χ4n) is 2.04. The lowest BCUT2D eigenvalue weighted by Gasteiger charge is -2.11. The zero-order valence-electron chi connectivity index (χ0n) is 14.2. The van der Waals surface area contributed by atoms with Gasteiger partial charge in [0.1, 0.15) is 5.75 Å². The minimum Gasteiger partial charge on any atom is -0.497 e. The monoisotopic (exact) mass is 351 g/mol. The molecule has 1 rings (SSSR count). The van der Waals surface area contributed by atoms with Crippen LogP contribution in [-0.2, 0) is 4.79 Å². The van der Waals surface area contributed by atoms with Crippen molar-refractivity contribution in [3.63, 3.8) is 0 Å². The standard InChI is InChI=1S/C17H25N3O3S/c1-3-4-5-6-7-8-15(21)18-17(24)20-19-16(22)13-9-11-14(23-2)12-10-13/h9-12H,3-8H2,1-2H3,(H,19,22)(H2,18,20,21,24). The summed E-state index contributed by atoms with van der Waals surface area (Å²) < 4.78 is 5.03. The smallest absolute Gasteiger partial charge is 0.269 e.